The van der Waals surface area contributed by atoms with Gasteiger partial charge < -0.3 is 0 Å². The standard InChI is InChI=1S/C13H9BrCl2OS/c14-10-2-5-12(6-3-10)18(17)8-9-1-4-11(15)7-13(9)16/h1-7H,8H2. The first kappa shape index (κ1) is 14.1. The van der Waals surface area contributed by atoms with Gasteiger partial charge in [-0.25, -0.2) is 0 Å². The van der Waals surface area contributed by atoms with Gasteiger partial charge in [-0.3, -0.25) is 4.21 Å². The molecular formula is C13H9BrCl2OS. The Labute approximate surface area is 127 Å². The van der Waals surface area contributed by atoms with Gasteiger partial charge >= 0.3 is 0 Å². The molecule has 0 aromatic heterocycles. The second-order valence-electron chi connectivity index (χ2n) is 3.68. The lowest BCUT2D eigenvalue weighted by molar-refractivity contribution is 0.682. The zero-order valence-corrected chi connectivity index (χ0v) is 13.1. The van der Waals surface area contributed by atoms with E-state index in [-0.39, 0.29) is 0 Å². The van der Waals surface area contributed by atoms with E-state index in [9.17, 15) is 4.21 Å². The third-order valence-corrected chi connectivity index (χ3v) is 4.86. The maximum Gasteiger partial charge on any atom is 0.0574 e. The second-order valence-corrected chi connectivity index (χ2v) is 6.89. The van der Waals surface area contributed by atoms with Crippen LogP contribution in [0.3, 0.4) is 0 Å². The van der Waals surface area contributed by atoms with Gasteiger partial charge in [0.15, 0.2) is 0 Å². The first-order chi connectivity index (χ1) is 8.56. The smallest absolute Gasteiger partial charge is 0.0574 e. The molecule has 2 rings (SSSR count). The zero-order valence-electron chi connectivity index (χ0n) is 9.20. The largest absolute Gasteiger partial charge is 0.254 e. The quantitative estimate of drug-likeness (QED) is 0.744. The number of hydrogen-bond acceptors (Lipinski definition) is 1. The Kier molecular flexibility index (Phi) is 4.84. The number of rotatable bonds is 3. The first-order valence-corrected chi connectivity index (χ1v) is 8.01. The summed E-state index contributed by atoms with van der Waals surface area (Å²) in [6.07, 6.45) is 0. The van der Waals surface area contributed by atoms with Crippen LogP contribution in [0.2, 0.25) is 10.0 Å². The highest BCUT2D eigenvalue weighted by molar-refractivity contribution is 9.10. The maximum absolute atomic E-state index is 12.2. The molecule has 0 aliphatic heterocycles. The normalized spacial score (nSPS) is 12.4. The Balaban J connectivity index is 2.18. The molecule has 18 heavy (non-hydrogen) atoms. The van der Waals surface area contributed by atoms with Crippen LogP contribution in [0.5, 0.6) is 0 Å². The Morgan fingerprint density at radius 3 is 2.33 bits per heavy atom. The Morgan fingerprint density at radius 1 is 1.06 bits per heavy atom. The van der Waals surface area contributed by atoms with Crippen LogP contribution in [0.15, 0.2) is 51.8 Å². The molecule has 0 heterocycles. The molecule has 0 saturated heterocycles. The lowest BCUT2D eigenvalue weighted by atomic mass is 10.2. The van der Waals surface area contributed by atoms with Crippen LogP contribution in [-0.4, -0.2) is 4.21 Å². The van der Waals surface area contributed by atoms with Gasteiger partial charge in [0.05, 0.1) is 16.6 Å². The van der Waals surface area contributed by atoms with Crippen molar-refractivity contribution in [3.63, 3.8) is 0 Å². The van der Waals surface area contributed by atoms with Gasteiger partial charge in [0.2, 0.25) is 0 Å². The molecule has 0 bridgehead atoms. The Hall–Kier alpha value is -0.350. The molecule has 0 saturated carbocycles. The van der Waals surface area contributed by atoms with Crippen molar-refractivity contribution in [2.24, 2.45) is 0 Å². The summed E-state index contributed by atoms with van der Waals surface area (Å²) in [6, 6.07) is 12.6. The van der Waals surface area contributed by atoms with Crippen LogP contribution in [0.1, 0.15) is 5.56 Å². The molecule has 2 aromatic carbocycles. The predicted molar refractivity (Wildman–Crippen MR) is 80.7 cm³/mol. The second kappa shape index (κ2) is 6.20. The van der Waals surface area contributed by atoms with Crippen LogP contribution in [0.4, 0.5) is 0 Å². The lowest BCUT2D eigenvalue weighted by Crippen LogP contribution is -1.97. The fourth-order valence-corrected chi connectivity index (χ4v) is 3.41. The molecule has 1 nitrogen and oxygen atoms in total. The SMILES string of the molecule is O=S(Cc1ccc(Cl)cc1Cl)c1ccc(Br)cc1. The third kappa shape index (κ3) is 3.58. The average molecular weight is 364 g/mol. The van der Waals surface area contributed by atoms with Crippen molar-refractivity contribution in [2.45, 2.75) is 10.6 Å². The van der Waals surface area contributed by atoms with Crippen molar-refractivity contribution in [3.8, 4) is 0 Å². The Bertz CT molecular complexity index is 584. The van der Waals surface area contributed by atoms with E-state index < -0.39 is 10.8 Å². The van der Waals surface area contributed by atoms with Gasteiger partial charge in [-0.2, -0.15) is 0 Å². The van der Waals surface area contributed by atoms with Crippen molar-refractivity contribution >= 4 is 49.9 Å². The highest BCUT2D eigenvalue weighted by Gasteiger charge is 2.08. The fourth-order valence-electron chi connectivity index (χ4n) is 1.45. The number of halogens is 3. The summed E-state index contributed by atoms with van der Waals surface area (Å²) in [4.78, 5) is 0.782. The molecule has 1 atom stereocenters. The Morgan fingerprint density at radius 2 is 1.72 bits per heavy atom. The van der Waals surface area contributed by atoms with Crippen molar-refractivity contribution in [1.29, 1.82) is 0 Å². The molecule has 0 fully saturated rings. The molecule has 1 unspecified atom stereocenters. The van der Waals surface area contributed by atoms with E-state index in [1.165, 1.54) is 0 Å². The van der Waals surface area contributed by atoms with Gasteiger partial charge in [-0.05, 0) is 42.0 Å². The van der Waals surface area contributed by atoms with Crippen molar-refractivity contribution in [2.75, 3.05) is 0 Å². The molecule has 2 aromatic rings. The fraction of sp³-hybridized carbons (Fsp3) is 0.0769. The van der Waals surface area contributed by atoms with E-state index in [4.69, 9.17) is 23.2 Å². The van der Waals surface area contributed by atoms with Gasteiger partial charge in [-0.1, -0.05) is 45.2 Å². The van der Waals surface area contributed by atoms with E-state index in [2.05, 4.69) is 15.9 Å². The van der Waals surface area contributed by atoms with Gasteiger partial charge in [0.25, 0.3) is 0 Å². The minimum absolute atomic E-state index is 0.387. The molecule has 0 amide bonds. The van der Waals surface area contributed by atoms with E-state index in [1.54, 1.807) is 18.2 Å². The van der Waals surface area contributed by atoms with Crippen LogP contribution < -0.4 is 0 Å². The zero-order chi connectivity index (χ0) is 13.1. The van der Waals surface area contributed by atoms with Crippen molar-refractivity contribution in [1.82, 2.24) is 0 Å². The monoisotopic (exact) mass is 362 g/mol. The first-order valence-electron chi connectivity index (χ1n) is 5.14. The van der Waals surface area contributed by atoms with Crippen molar-refractivity contribution < 1.29 is 4.21 Å². The van der Waals surface area contributed by atoms with Gasteiger partial charge in [0, 0.05) is 19.4 Å². The molecule has 0 spiro atoms. The summed E-state index contributed by atoms with van der Waals surface area (Å²) in [7, 11) is -1.11. The minimum atomic E-state index is -1.11. The van der Waals surface area contributed by atoms with Crippen molar-refractivity contribution in [3.05, 3.63) is 62.5 Å². The molecular weight excluding hydrogens is 355 g/mol. The highest BCUT2D eigenvalue weighted by atomic mass is 79.9. The predicted octanol–water partition coefficient (Wildman–Crippen LogP) is 5.06. The van der Waals surface area contributed by atoms with Crippen LogP contribution in [-0.2, 0) is 16.6 Å². The van der Waals surface area contributed by atoms with E-state index in [0.717, 1.165) is 14.9 Å². The van der Waals surface area contributed by atoms with E-state index >= 15 is 0 Å². The summed E-state index contributed by atoms with van der Waals surface area (Å²) in [5.41, 5.74) is 0.835. The maximum atomic E-state index is 12.2. The number of benzene rings is 2. The van der Waals surface area contributed by atoms with Crippen LogP contribution >= 0.6 is 39.1 Å². The lowest BCUT2D eigenvalue weighted by Gasteiger charge is -2.05. The van der Waals surface area contributed by atoms with Crippen LogP contribution in [0.25, 0.3) is 0 Å². The molecule has 0 aliphatic rings. The third-order valence-electron chi connectivity index (χ3n) is 2.38. The topological polar surface area (TPSA) is 17.1 Å². The van der Waals surface area contributed by atoms with E-state index in [0.29, 0.717) is 15.8 Å². The summed E-state index contributed by atoms with van der Waals surface area (Å²) < 4.78 is 13.1. The van der Waals surface area contributed by atoms with E-state index in [1.807, 2.05) is 24.3 Å². The van der Waals surface area contributed by atoms with Gasteiger partial charge in [0.1, 0.15) is 0 Å². The minimum Gasteiger partial charge on any atom is -0.254 e. The average Bonchev–Trinajstić information content (AvgIpc) is 2.33. The summed E-state index contributed by atoms with van der Waals surface area (Å²) in [5.74, 6) is 0.387. The molecule has 94 valence electrons. The summed E-state index contributed by atoms with van der Waals surface area (Å²) >= 11 is 15.2. The molecule has 0 aliphatic carbocycles. The summed E-state index contributed by atoms with van der Waals surface area (Å²) in [6.45, 7) is 0. The molecule has 5 heteroatoms. The molecule has 0 N–H and O–H groups in total. The van der Waals surface area contributed by atoms with Gasteiger partial charge in [-0.15, -0.1) is 0 Å². The summed E-state index contributed by atoms with van der Waals surface area (Å²) in [5, 5.41) is 1.13. The highest BCUT2D eigenvalue weighted by Crippen LogP contribution is 2.24. The molecule has 0 radical (unpaired) electrons. The number of hydrogen-bond donors (Lipinski definition) is 0. The van der Waals surface area contributed by atoms with Crippen LogP contribution in [0, 0.1) is 0 Å².